The molecule has 2 fully saturated rings. The van der Waals surface area contributed by atoms with E-state index in [2.05, 4.69) is 13.8 Å². The summed E-state index contributed by atoms with van der Waals surface area (Å²) in [5.74, 6) is 0.392. The largest absolute Gasteiger partial charge is 0.467 e. The summed E-state index contributed by atoms with van der Waals surface area (Å²) in [4.78, 5) is 12.3. The van der Waals surface area contributed by atoms with E-state index in [-0.39, 0.29) is 11.5 Å². The van der Waals surface area contributed by atoms with E-state index in [0.29, 0.717) is 6.61 Å². The number of benzene rings is 1. The molecule has 7 heteroatoms. The van der Waals surface area contributed by atoms with E-state index in [1.165, 1.54) is 7.11 Å². The molecule has 6 atom stereocenters. The summed E-state index contributed by atoms with van der Waals surface area (Å²) in [7, 11) is 1.36. The van der Waals surface area contributed by atoms with Crippen molar-refractivity contribution in [2.45, 2.75) is 62.8 Å². The van der Waals surface area contributed by atoms with E-state index in [1.807, 2.05) is 30.3 Å². The summed E-state index contributed by atoms with van der Waals surface area (Å²) < 4.78 is 29.5. The molecule has 0 aromatic heterocycles. The first-order chi connectivity index (χ1) is 13.2. The number of hydrogen-bond donors (Lipinski definition) is 0. The van der Waals surface area contributed by atoms with Gasteiger partial charge in [-0.25, -0.2) is 4.79 Å². The minimum absolute atomic E-state index is 0.305. The molecule has 1 aromatic rings. The van der Waals surface area contributed by atoms with Crippen LogP contribution in [0.2, 0.25) is 0 Å². The summed E-state index contributed by atoms with van der Waals surface area (Å²) in [6.07, 6.45) is -0.649. The van der Waals surface area contributed by atoms with Crippen molar-refractivity contribution in [3.8, 4) is 0 Å². The molecule has 2 heterocycles. The predicted molar refractivity (Wildman–Crippen MR) is 102 cm³/mol. The molecule has 3 rings (SSSR count). The van der Waals surface area contributed by atoms with Crippen molar-refractivity contribution in [2.24, 2.45) is 0 Å². The van der Waals surface area contributed by atoms with E-state index in [4.69, 9.17) is 23.7 Å². The van der Waals surface area contributed by atoms with Crippen molar-refractivity contribution >= 4 is 17.7 Å². The first kappa shape index (κ1) is 20.6. The summed E-state index contributed by atoms with van der Waals surface area (Å²) in [6.45, 7) is 4.79. The molecule has 2 unspecified atom stereocenters. The molecule has 0 spiro atoms. The van der Waals surface area contributed by atoms with Gasteiger partial charge < -0.3 is 23.7 Å². The van der Waals surface area contributed by atoms with Crippen LogP contribution in [0.25, 0.3) is 0 Å². The zero-order valence-corrected chi connectivity index (χ0v) is 16.9. The molecule has 0 bridgehead atoms. The minimum atomic E-state index is -0.830. The number of carbonyl (C=O) groups is 1. The quantitative estimate of drug-likeness (QED) is 0.493. The van der Waals surface area contributed by atoms with Crippen LogP contribution in [-0.4, -0.2) is 55.3 Å². The number of unbranched alkanes of at least 4 members (excludes halogenated alkanes) is 1. The second kappa shape index (κ2) is 9.89. The second-order valence-corrected chi connectivity index (χ2v) is 7.91. The Balaban J connectivity index is 1.84. The highest BCUT2D eigenvalue weighted by atomic mass is 32.2. The molecule has 0 aliphatic carbocycles. The Labute approximate surface area is 164 Å². The molecule has 0 saturated carbocycles. The summed E-state index contributed by atoms with van der Waals surface area (Å²) in [6, 6.07) is 9.70. The Kier molecular flexibility index (Phi) is 7.55. The molecule has 150 valence electrons. The van der Waals surface area contributed by atoms with Crippen molar-refractivity contribution in [1.82, 2.24) is 0 Å². The van der Waals surface area contributed by atoms with Crippen LogP contribution in [0.1, 0.15) is 38.5 Å². The molecule has 0 amide bonds. The Morgan fingerprint density at radius 1 is 1.11 bits per heavy atom. The molecule has 0 radical (unpaired) electrons. The van der Waals surface area contributed by atoms with E-state index in [9.17, 15) is 4.79 Å². The number of ether oxygens (including phenoxy) is 5. The number of methoxy groups -OCH3 is 1. The van der Waals surface area contributed by atoms with Crippen molar-refractivity contribution in [1.29, 1.82) is 0 Å². The maximum absolute atomic E-state index is 12.3. The third-order valence-electron chi connectivity index (χ3n) is 4.70. The lowest BCUT2D eigenvalue weighted by atomic mass is 10.00. The molecule has 2 aliphatic rings. The SMILES string of the molecule is CCCCO[C@H]1C2O[C@@H](c3ccccc3)O[C@H]2C(C(=O)OC)O[C@H]1SCC. The minimum Gasteiger partial charge on any atom is -0.467 e. The summed E-state index contributed by atoms with van der Waals surface area (Å²) in [5.41, 5.74) is 0.595. The van der Waals surface area contributed by atoms with Gasteiger partial charge >= 0.3 is 5.97 Å². The lowest BCUT2D eigenvalue weighted by Gasteiger charge is -2.40. The van der Waals surface area contributed by atoms with Crippen LogP contribution < -0.4 is 0 Å². The van der Waals surface area contributed by atoms with E-state index >= 15 is 0 Å². The molecule has 0 N–H and O–H groups in total. The zero-order valence-electron chi connectivity index (χ0n) is 16.0. The van der Waals surface area contributed by atoms with Crippen molar-refractivity contribution in [3.63, 3.8) is 0 Å². The van der Waals surface area contributed by atoms with Crippen molar-refractivity contribution in [3.05, 3.63) is 35.9 Å². The van der Waals surface area contributed by atoms with Crippen LogP contribution in [0, 0.1) is 0 Å². The predicted octanol–water partition coefficient (Wildman–Crippen LogP) is 3.31. The average Bonchev–Trinajstić information content (AvgIpc) is 3.14. The van der Waals surface area contributed by atoms with Crippen LogP contribution in [0.15, 0.2) is 30.3 Å². The third kappa shape index (κ3) is 4.66. The number of rotatable bonds is 8. The van der Waals surface area contributed by atoms with E-state index in [1.54, 1.807) is 11.8 Å². The highest BCUT2D eigenvalue weighted by molar-refractivity contribution is 7.99. The van der Waals surface area contributed by atoms with Gasteiger partial charge in [0.05, 0.1) is 7.11 Å². The fourth-order valence-corrected chi connectivity index (χ4v) is 4.29. The molecule has 27 heavy (non-hydrogen) atoms. The van der Waals surface area contributed by atoms with E-state index in [0.717, 1.165) is 24.2 Å². The second-order valence-electron chi connectivity index (χ2n) is 6.54. The molecule has 2 aliphatic heterocycles. The van der Waals surface area contributed by atoms with Crippen LogP contribution in [-0.2, 0) is 28.5 Å². The van der Waals surface area contributed by atoms with Crippen LogP contribution in [0.3, 0.4) is 0 Å². The van der Waals surface area contributed by atoms with Crippen molar-refractivity contribution in [2.75, 3.05) is 19.5 Å². The normalized spacial score (nSPS) is 32.9. The number of esters is 1. The maximum Gasteiger partial charge on any atom is 0.337 e. The zero-order chi connectivity index (χ0) is 19.2. The first-order valence-corrected chi connectivity index (χ1v) is 10.6. The van der Waals surface area contributed by atoms with Gasteiger partial charge in [0.25, 0.3) is 0 Å². The monoisotopic (exact) mass is 396 g/mol. The van der Waals surface area contributed by atoms with Gasteiger partial charge in [0.15, 0.2) is 12.4 Å². The van der Waals surface area contributed by atoms with Gasteiger partial charge in [-0.2, -0.15) is 0 Å². The Morgan fingerprint density at radius 2 is 1.85 bits per heavy atom. The lowest BCUT2D eigenvalue weighted by Crippen LogP contribution is -2.58. The maximum atomic E-state index is 12.3. The fraction of sp³-hybridized carbons (Fsp3) is 0.650. The van der Waals surface area contributed by atoms with Gasteiger partial charge in [0.1, 0.15) is 23.7 Å². The molecule has 1 aromatic carbocycles. The van der Waals surface area contributed by atoms with Crippen LogP contribution in [0.4, 0.5) is 0 Å². The molecular formula is C20H28O6S. The van der Waals surface area contributed by atoms with Crippen molar-refractivity contribution < 1.29 is 28.5 Å². The number of thioether (sulfide) groups is 1. The van der Waals surface area contributed by atoms with Gasteiger partial charge in [-0.15, -0.1) is 11.8 Å². The Morgan fingerprint density at radius 3 is 2.52 bits per heavy atom. The van der Waals surface area contributed by atoms with Crippen LogP contribution >= 0.6 is 11.8 Å². The number of hydrogen-bond acceptors (Lipinski definition) is 7. The Hall–Kier alpha value is -1.12. The number of fused-ring (bicyclic) bond motifs is 1. The molecule has 6 nitrogen and oxygen atoms in total. The number of carbonyl (C=O) groups excluding carboxylic acids is 1. The molecular weight excluding hydrogens is 368 g/mol. The highest BCUT2D eigenvalue weighted by Gasteiger charge is 2.56. The standard InChI is InChI=1S/C20H28O6S/c1-4-6-12-23-17-15-14(16(18(21)22-3)26-20(17)27-5-2)24-19(25-15)13-10-8-7-9-11-13/h7-11,14-17,19-20H,4-6,12H2,1-3H3/t14-,15?,16?,17+,19+,20+/m1/s1. The van der Waals surface area contributed by atoms with Gasteiger partial charge in [0, 0.05) is 12.2 Å². The van der Waals surface area contributed by atoms with Gasteiger partial charge in [-0.05, 0) is 12.2 Å². The van der Waals surface area contributed by atoms with Gasteiger partial charge in [0.2, 0.25) is 0 Å². The third-order valence-corrected chi connectivity index (χ3v) is 5.74. The smallest absolute Gasteiger partial charge is 0.337 e. The first-order valence-electron chi connectivity index (χ1n) is 9.52. The fourth-order valence-electron chi connectivity index (χ4n) is 3.34. The van der Waals surface area contributed by atoms with E-state index < -0.39 is 30.6 Å². The average molecular weight is 397 g/mol. The highest BCUT2D eigenvalue weighted by Crippen LogP contribution is 2.42. The molecule has 2 saturated heterocycles. The lowest BCUT2D eigenvalue weighted by molar-refractivity contribution is -0.196. The summed E-state index contributed by atoms with van der Waals surface area (Å²) in [5, 5.41) is 0. The van der Waals surface area contributed by atoms with Gasteiger partial charge in [-0.3, -0.25) is 0 Å². The van der Waals surface area contributed by atoms with Gasteiger partial charge in [-0.1, -0.05) is 50.6 Å². The Bertz CT molecular complexity index is 597. The van der Waals surface area contributed by atoms with Crippen LogP contribution in [0.5, 0.6) is 0 Å². The topological polar surface area (TPSA) is 63.2 Å². The summed E-state index contributed by atoms with van der Waals surface area (Å²) >= 11 is 1.61.